The van der Waals surface area contributed by atoms with Crippen LogP contribution in [0, 0.1) is 6.92 Å². The maximum Gasteiger partial charge on any atom is 0.254 e. The number of ether oxygens (including phenoxy) is 1. The number of morpholine rings is 1. The first-order valence-electron chi connectivity index (χ1n) is 5.67. The van der Waals surface area contributed by atoms with Gasteiger partial charge in [0.25, 0.3) is 5.91 Å². The van der Waals surface area contributed by atoms with Crippen LogP contribution in [-0.2, 0) is 9.53 Å². The van der Waals surface area contributed by atoms with E-state index in [1.165, 1.54) is 0 Å². The fourth-order valence-electron chi connectivity index (χ4n) is 1.69. The quantitative estimate of drug-likeness (QED) is 0.873. The van der Waals surface area contributed by atoms with Gasteiger partial charge in [-0.3, -0.25) is 4.79 Å². The van der Waals surface area contributed by atoms with Gasteiger partial charge in [0.1, 0.15) is 6.10 Å². The molecule has 0 spiro atoms. The van der Waals surface area contributed by atoms with Crippen LogP contribution in [0.25, 0.3) is 0 Å². The predicted molar refractivity (Wildman–Crippen MR) is 75.1 cm³/mol. The Morgan fingerprint density at radius 1 is 1.61 bits per heavy atom. The summed E-state index contributed by atoms with van der Waals surface area (Å²) in [5, 5.41) is 6.55. The molecule has 98 valence electrons. The highest BCUT2D eigenvalue weighted by Crippen LogP contribution is 2.29. The molecular weight excluding hydrogens is 320 g/mol. The number of amides is 1. The van der Waals surface area contributed by atoms with Gasteiger partial charge >= 0.3 is 0 Å². The molecule has 4 nitrogen and oxygen atoms in total. The maximum absolute atomic E-state index is 12.0. The molecule has 1 aliphatic heterocycles. The van der Waals surface area contributed by atoms with E-state index >= 15 is 0 Å². The van der Waals surface area contributed by atoms with Gasteiger partial charge in [0.2, 0.25) is 0 Å². The Morgan fingerprint density at radius 2 is 2.39 bits per heavy atom. The van der Waals surface area contributed by atoms with Crippen LogP contribution in [0.4, 0.5) is 5.69 Å². The van der Waals surface area contributed by atoms with Gasteiger partial charge in [-0.05, 0) is 40.5 Å². The minimum absolute atomic E-state index is 0.164. The number of benzene rings is 1. The van der Waals surface area contributed by atoms with Gasteiger partial charge in [-0.1, -0.05) is 11.6 Å². The first-order chi connectivity index (χ1) is 8.58. The van der Waals surface area contributed by atoms with E-state index in [1.54, 1.807) is 6.07 Å². The van der Waals surface area contributed by atoms with E-state index in [2.05, 4.69) is 26.6 Å². The molecule has 6 heteroatoms. The lowest BCUT2D eigenvalue weighted by atomic mass is 10.2. The van der Waals surface area contributed by atoms with Crippen LogP contribution >= 0.6 is 27.5 Å². The Hall–Kier alpha value is -0.620. The topological polar surface area (TPSA) is 50.4 Å². The van der Waals surface area contributed by atoms with Crippen LogP contribution in [0.1, 0.15) is 5.56 Å². The predicted octanol–water partition coefficient (Wildman–Crippen LogP) is 2.34. The molecular formula is C12H14BrClN2O2. The summed E-state index contributed by atoms with van der Waals surface area (Å²) < 4.78 is 6.19. The third kappa shape index (κ3) is 3.23. The zero-order valence-electron chi connectivity index (χ0n) is 9.93. The Bertz CT molecular complexity index is 462. The van der Waals surface area contributed by atoms with E-state index in [4.69, 9.17) is 16.3 Å². The summed E-state index contributed by atoms with van der Waals surface area (Å²) >= 11 is 9.44. The molecule has 18 heavy (non-hydrogen) atoms. The third-order valence-corrected chi connectivity index (χ3v) is 3.79. The number of halogens is 2. The van der Waals surface area contributed by atoms with Crippen molar-refractivity contribution in [2.24, 2.45) is 0 Å². The lowest BCUT2D eigenvalue weighted by Gasteiger charge is -2.23. The van der Waals surface area contributed by atoms with Gasteiger partial charge in [0.05, 0.1) is 12.3 Å². The number of anilines is 1. The normalized spacial score (nSPS) is 19.6. The van der Waals surface area contributed by atoms with Crippen LogP contribution in [0.5, 0.6) is 0 Å². The van der Waals surface area contributed by atoms with Crippen LogP contribution in [0.2, 0.25) is 5.02 Å². The fraction of sp³-hybridized carbons (Fsp3) is 0.417. The van der Waals surface area contributed by atoms with Crippen LogP contribution in [0.3, 0.4) is 0 Å². The number of hydrogen-bond donors (Lipinski definition) is 2. The molecule has 2 N–H and O–H groups in total. The largest absolute Gasteiger partial charge is 0.366 e. The van der Waals surface area contributed by atoms with E-state index in [0.29, 0.717) is 23.9 Å². The first-order valence-corrected chi connectivity index (χ1v) is 6.84. The second-order valence-electron chi connectivity index (χ2n) is 4.13. The second kappa shape index (κ2) is 6.02. The second-order valence-corrected chi connectivity index (χ2v) is 5.40. The zero-order chi connectivity index (χ0) is 13.1. The van der Waals surface area contributed by atoms with Crippen molar-refractivity contribution >= 4 is 39.1 Å². The van der Waals surface area contributed by atoms with Crippen LogP contribution < -0.4 is 10.6 Å². The lowest BCUT2D eigenvalue weighted by Crippen LogP contribution is -2.45. The Labute approximate surface area is 119 Å². The molecule has 1 aliphatic rings. The summed E-state index contributed by atoms with van der Waals surface area (Å²) in [4.78, 5) is 12.0. The molecule has 1 fully saturated rings. The lowest BCUT2D eigenvalue weighted by molar-refractivity contribution is -0.128. The minimum Gasteiger partial charge on any atom is -0.366 e. The highest BCUT2D eigenvalue weighted by atomic mass is 79.9. The summed E-state index contributed by atoms with van der Waals surface area (Å²) in [5.74, 6) is -0.164. The van der Waals surface area contributed by atoms with Gasteiger partial charge < -0.3 is 15.4 Å². The zero-order valence-corrected chi connectivity index (χ0v) is 12.3. The van der Waals surface area contributed by atoms with Crippen molar-refractivity contribution in [2.75, 3.05) is 25.0 Å². The Morgan fingerprint density at radius 3 is 3.06 bits per heavy atom. The number of carbonyl (C=O) groups excluding carboxylic acids is 1. The molecule has 1 saturated heterocycles. The summed E-state index contributed by atoms with van der Waals surface area (Å²) in [6.45, 7) is 3.77. The average molecular weight is 334 g/mol. The summed E-state index contributed by atoms with van der Waals surface area (Å²) in [6, 6.07) is 3.60. The van der Waals surface area contributed by atoms with Gasteiger partial charge in [-0.2, -0.15) is 0 Å². The van der Waals surface area contributed by atoms with E-state index < -0.39 is 6.10 Å². The molecule has 1 unspecified atom stereocenters. The molecule has 1 amide bonds. The van der Waals surface area contributed by atoms with Crippen molar-refractivity contribution in [2.45, 2.75) is 13.0 Å². The maximum atomic E-state index is 12.0. The van der Waals surface area contributed by atoms with Crippen molar-refractivity contribution in [3.8, 4) is 0 Å². The molecule has 1 aromatic carbocycles. The average Bonchev–Trinajstić information content (AvgIpc) is 2.37. The molecule has 1 heterocycles. The van der Waals surface area contributed by atoms with E-state index in [0.717, 1.165) is 16.6 Å². The number of aryl methyl sites for hydroxylation is 1. The van der Waals surface area contributed by atoms with Gasteiger partial charge in [-0.25, -0.2) is 0 Å². The SMILES string of the molecule is Cc1cc(Br)c(NC(=O)C2CNCCO2)cc1Cl. The highest BCUT2D eigenvalue weighted by Gasteiger charge is 2.22. The molecule has 2 rings (SSSR count). The van der Waals surface area contributed by atoms with E-state index in [1.807, 2.05) is 13.0 Å². The van der Waals surface area contributed by atoms with Crippen LogP contribution in [-0.4, -0.2) is 31.7 Å². The van der Waals surface area contributed by atoms with Crippen molar-refractivity contribution in [3.05, 3.63) is 27.2 Å². The van der Waals surface area contributed by atoms with Crippen molar-refractivity contribution in [1.82, 2.24) is 5.32 Å². The molecule has 1 atom stereocenters. The van der Waals surface area contributed by atoms with Crippen LogP contribution in [0.15, 0.2) is 16.6 Å². The molecule has 0 saturated carbocycles. The Balaban J connectivity index is 2.08. The number of carbonyl (C=O) groups is 1. The first kappa shape index (κ1) is 13.8. The number of nitrogens with one attached hydrogen (secondary N) is 2. The summed E-state index contributed by atoms with van der Waals surface area (Å²) in [6.07, 6.45) is -0.453. The van der Waals surface area contributed by atoms with Crippen molar-refractivity contribution in [3.63, 3.8) is 0 Å². The van der Waals surface area contributed by atoms with Gasteiger partial charge in [0.15, 0.2) is 0 Å². The molecule has 1 aromatic rings. The minimum atomic E-state index is -0.453. The van der Waals surface area contributed by atoms with Crippen molar-refractivity contribution < 1.29 is 9.53 Å². The van der Waals surface area contributed by atoms with Crippen molar-refractivity contribution in [1.29, 1.82) is 0 Å². The Kier molecular flexibility index (Phi) is 4.61. The fourth-order valence-corrected chi connectivity index (χ4v) is 2.41. The summed E-state index contributed by atoms with van der Waals surface area (Å²) in [5.41, 5.74) is 1.61. The van der Waals surface area contributed by atoms with Gasteiger partial charge in [-0.15, -0.1) is 0 Å². The van der Waals surface area contributed by atoms with E-state index in [-0.39, 0.29) is 5.91 Å². The van der Waals surface area contributed by atoms with E-state index in [9.17, 15) is 4.79 Å². The molecule has 0 aliphatic carbocycles. The highest BCUT2D eigenvalue weighted by molar-refractivity contribution is 9.10. The standard InChI is InChI=1S/C12H14BrClN2O2/c1-7-4-8(13)10(5-9(7)14)16-12(17)11-6-15-2-3-18-11/h4-5,11,15H,2-3,6H2,1H3,(H,16,17). The monoisotopic (exact) mass is 332 g/mol. The number of rotatable bonds is 2. The smallest absolute Gasteiger partial charge is 0.254 e. The molecule has 0 bridgehead atoms. The third-order valence-electron chi connectivity index (χ3n) is 2.73. The number of hydrogen-bond acceptors (Lipinski definition) is 3. The molecule has 0 radical (unpaired) electrons. The van der Waals surface area contributed by atoms with Gasteiger partial charge in [0, 0.05) is 22.6 Å². The summed E-state index contributed by atoms with van der Waals surface area (Å²) in [7, 11) is 0. The molecule has 0 aromatic heterocycles.